The Balaban J connectivity index is 1.51. The highest BCUT2D eigenvalue weighted by Gasteiger charge is 2.14. The summed E-state index contributed by atoms with van der Waals surface area (Å²) in [5.41, 5.74) is 3.32. The van der Waals surface area contributed by atoms with Crippen molar-refractivity contribution in [3.8, 4) is 17.0 Å². The maximum absolute atomic E-state index is 12.7. The molecule has 0 unspecified atom stereocenters. The monoisotopic (exact) mass is 443 g/mol. The van der Waals surface area contributed by atoms with Crippen molar-refractivity contribution in [3.63, 3.8) is 0 Å². The molecular weight excluding hydrogens is 418 g/mol. The molecule has 0 radical (unpaired) electrons. The van der Waals surface area contributed by atoms with E-state index in [0.29, 0.717) is 29.3 Å². The van der Waals surface area contributed by atoms with Gasteiger partial charge in [0.15, 0.2) is 0 Å². The number of aromatic nitrogens is 3. The van der Waals surface area contributed by atoms with Gasteiger partial charge < -0.3 is 24.7 Å². The minimum atomic E-state index is -0.194. The third-order valence-electron chi connectivity index (χ3n) is 5.58. The molecule has 2 N–H and O–H groups in total. The van der Waals surface area contributed by atoms with Gasteiger partial charge in [-0.1, -0.05) is 0 Å². The zero-order valence-electron chi connectivity index (χ0n) is 18.4. The van der Waals surface area contributed by atoms with E-state index in [4.69, 9.17) is 14.5 Å². The lowest BCUT2D eigenvalue weighted by atomic mass is 10.1. The predicted molar refractivity (Wildman–Crippen MR) is 130 cm³/mol. The van der Waals surface area contributed by atoms with Gasteiger partial charge in [-0.3, -0.25) is 9.78 Å². The van der Waals surface area contributed by atoms with Crippen LogP contribution in [0.4, 0.5) is 17.2 Å². The van der Waals surface area contributed by atoms with Gasteiger partial charge in [0.05, 0.1) is 37.1 Å². The molecule has 0 amide bonds. The first-order chi connectivity index (χ1) is 16.2. The van der Waals surface area contributed by atoms with Crippen molar-refractivity contribution in [1.82, 2.24) is 15.0 Å². The molecule has 168 valence electrons. The normalized spacial score (nSPS) is 13.8. The molecule has 0 saturated carbocycles. The van der Waals surface area contributed by atoms with Gasteiger partial charge in [0.25, 0.3) is 5.56 Å². The zero-order valence-corrected chi connectivity index (χ0v) is 18.4. The Morgan fingerprint density at radius 3 is 2.73 bits per heavy atom. The van der Waals surface area contributed by atoms with Gasteiger partial charge in [0.1, 0.15) is 11.6 Å². The summed E-state index contributed by atoms with van der Waals surface area (Å²) in [6, 6.07) is 13.8. The summed E-state index contributed by atoms with van der Waals surface area (Å²) in [5.74, 6) is 1.17. The van der Waals surface area contributed by atoms with E-state index in [0.717, 1.165) is 48.6 Å². The molecule has 1 aromatic carbocycles. The molecule has 1 aliphatic heterocycles. The fraction of sp³-hybridized carbons (Fsp3) is 0.240. The highest BCUT2D eigenvalue weighted by molar-refractivity contribution is 5.95. The molecule has 8 nitrogen and oxygen atoms in total. The van der Waals surface area contributed by atoms with Gasteiger partial charge in [-0.05, 0) is 54.8 Å². The third kappa shape index (κ3) is 4.51. The van der Waals surface area contributed by atoms with Gasteiger partial charge in [-0.15, -0.1) is 0 Å². The Kier molecular flexibility index (Phi) is 5.91. The maximum atomic E-state index is 12.7. The molecule has 4 heterocycles. The first-order valence-corrected chi connectivity index (χ1v) is 11.0. The van der Waals surface area contributed by atoms with Crippen LogP contribution in [0.1, 0.15) is 6.92 Å². The molecule has 8 heteroatoms. The highest BCUT2D eigenvalue weighted by Crippen LogP contribution is 2.29. The first kappa shape index (κ1) is 21.0. The van der Waals surface area contributed by atoms with Gasteiger partial charge in [0, 0.05) is 42.4 Å². The molecule has 1 fully saturated rings. The van der Waals surface area contributed by atoms with Crippen molar-refractivity contribution in [2.24, 2.45) is 0 Å². The summed E-state index contributed by atoms with van der Waals surface area (Å²) >= 11 is 0. The summed E-state index contributed by atoms with van der Waals surface area (Å²) in [4.78, 5) is 26.8. The average Bonchev–Trinajstić information content (AvgIpc) is 2.85. The second kappa shape index (κ2) is 9.30. The lowest BCUT2D eigenvalue weighted by Crippen LogP contribution is -2.36. The summed E-state index contributed by atoms with van der Waals surface area (Å²) in [7, 11) is 0. The number of benzene rings is 1. The number of ether oxygens (including phenoxy) is 2. The van der Waals surface area contributed by atoms with Gasteiger partial charge in [0.2, 0.25) is 0 Å². The highest BCUT2D eigenvalue weighted by atomic mass is 16.5. The average molecular weight is 444 g/mol. The van der Waals surface area contributed by atoms with Gasteiger partial charge in [-0.25, -0.2) is 4.98 Å². The van der Waals surface area contributed by atoms with Crippen LogP contribution < -0.4 is 20.5 Å². The Morgan fingerprint density at radius 1 is 1.12 bits per heavy atom. The predicted octanol–water partition coefficient (Wildman–Crippen LogP) is 3.96. The van der Waals surface area contributed by atoms with E-state index in [1.54, 1.807) is 18.6 Å². The van der Waals surface area contributed by atoms with Crippen LogP contribution in [0.2, 0.25) is 0 Å². The maximum Gasteiger partial charge on any atom is 0.259 e. The van der Waals surface area contributed by atoms with Crippen molar-refractivity contribution < 1.29 is 9.47 Å². The van der Waals surface area contributed by atoms with Gasteiger partial charge in [-0.2, -0.15) is 0 Å². The van der Waals surface area contributed by atoms with Crippen LogP contribution in [0.3, 0.4) is 0 Å². The number of fused-ring (bicyclic) bond motifs is 1. The fourth-order valence-electron chi connectivity index (χ4n) is 3.97. The van der Waals surface area contributed by atoms with Crippen molar-refractivity contribution in [2.75, 3.05) is 43.1 Å². The molecule has 3 aromatic heterocycles. The fourth-order valence-corrected chi connectivity index (χ4v) is 3.97. The number of pyridine rings is 3. The Hall–Kier alpha value is -3.91. The number of nitrogens with zero attached hydrogens (tertiary/aromatic N) is 3. The minimum Gasteiger partial charge on any atom is -0.492 e. The first-order valence-electron chi connectivity index (χ1n) is 11.0. The number of nitrogens with one attached hydrogen (secondary N) is 2. The number of hydrogen-bond acceptors (Lipinski definition) is 7. The SMILES string of the molecule is CCOc1cncc(-c2cc3cc[nH]c(=O)c3c(Nc3ccc(N4CCOCC4)cc3)n2)c1. The van der Waals surface area contributed by atoms with E-state index in [1.807, 2.05) is 37.3 Å². The number of morpholine rings is 1. The molecule has 0 atom stereocenters. The molecule has 0 spiro atoms. The van der Waals surface area contributed by atoms with Crippen LogP contribution in [0.15, 0.2) is 65.8 Å². The number of anilines is 3. The lowest BCUT2D eigenvalue weighted by molar-refractivity contribution is 0.122. The summed E-state index contributed by atoms with van der Waals surface area (Å²) in [6.45, 7) is 5.73. The summed E-state index contributed by atoms with van der Waals surface area (Å²) in [5, 5.41) is 4.64. The van der Waals surface area contributed by atoms with Crippen LogP contribution >= 0.6 is 0 Å². The summed E-state index contributed by atoms with van der Waals surface area (Å²) < 4.78 is 11.0. The smallest absolute Gasteiger partial charge is 0.259 e. The van der Waals surface area contributed by atoms with Crippen molar-refractivity contribution in [3.05, 3.63) is 71.4 Å². The third-order valence-corrected chi connectivity index (χ3v) is 5.58. The van der Waals surface area contributed by atoms with Crippen LogP contribution in [0.25, 0.3) is 22.0 Å². The molecule has 0 bridgehead atoms. The van der Waals surface area contributed by atoms with E-state index in [9.17, 15) is 4.79 Å². The standard InChI is InChI=1S/C25H25N5O3/c1-2-33-21-13-18(15-26-16-21)22-14-17-7-8-27-25(31)23(17)24(29-22)28-19-3-5-20(6-4-19)30-9-11-32-12-10-30/h3-8,13-16H,2,9-12H2,1H3,(H,27,31)(H,28,29). The molecular formula is C25H25N5O3. The van der Waals surface area contributed by atoms with E-state index >= 15 is 0 Å². The van der Waals surface area contributed by atoms with Crippen LogP contribution in [0, 0.1) is 0 Å². The second-order valence-electron chi connectivity index (χ2n) is 7.74. The largest absolute Gasteiger partial charge is 0.492 e. The number of aromatic amines is 1. The molecule has 0 aliphatic carbocycles. The summed E-state index contributed by atoms with van der Waals surface area (Å²) in [6.07, 6.45) is 5.06. The second-order valence-corrected chi connectivity index (χ2v) is 7.74. The number of hydrogen-bond donors (Lipinski definition) is 2. The minimum absolute atomic E-state index is 0.194. The topological polar surface area (TPSA) is 92.4 Å². The van der Waals surface area contributed by atoms with E-state index in [1.165, 1.54) is 0 Å². The Bertz CT molecular complexity index is 1310. The Morgan fingerprint density at radius 2 is 1.94 bits per heavy atom. The van der Waals surface area contributed by atoms with Crippen molar-refractivity contribution in [2.45, 2.75) is 6.92 Å². The quantitative estimate of drug-likeness (QED) is 0.466. The van der Waals surface area contributed by atoms with Crippen LogP contribution in [-0.4, -0.2) is 47.9 Å². The van der Waals surface area contributed by atoms with Gasteiger partial charge >= 0.3 is 0 Å². The molecule has 4 aromatic rings. The van der Waals surface area contributed by atoms with Crippen molar-refractivity contribution in [1.29, 1.82) is 0 Å². The lowest BCUT2D eigenvalue weighted by Gasteiger charge is -2.28. The number of rotatable bonds is 6. The zero-order chi connectivity index (χ0) is 22.6. The van der Waals surface area contributed by atoms with Crippen molar-refractivity contribution >= 4 is 28.0 Å². The Labute approximate surface area is 191 Å². The van der Waals surface area contributed by atoms with Crippen LogP contribution in [-0.2, 0) is 4.74 Å². The van der Waals surface area contributed by atoms with Crippen LogP contribution in [0.5, 0.6) is 5.75 Å². The number of H-pyrrole nitrogens is 1. The van der Waals surface area contributed by atoms with E-state index < -0.39 is 0 Å². The molecule has 5 rings (SSSR count). The molecule has 1 aliphatic rings. The molecule has 1 saturated heterocycles. The van der Waals surface area contributed by atoms with E-state index in [2.05, 4.69) is 32.3 Å². The molecule has 33 heavy (non-hydrogen) atoms. The van der Waals surface area contributed by atoms with E-state index in [-0.39, 0.29) is 5.56 Å².